The van der Waals surface area contributed by atoms with Gasteiger partial charge in [-0.15, -0.1) is 23.1 Å². The van der Waals surface area contributed by atoms with Gasteiger partial charge in [0.05, 0.1) is 0 Å². The van der Waals surface area contributed by atoms with Crippen LogP contribution in [0, 0.1) is 0 Å². The van der Waals surface area contributed by atoms with Crippen LogP contribution in [-0.4, -0.2) is 11.8 Å². The quantitative estimate of drug-likeness (QED) is 0.608. The van der Waals surface area contributed by atoms with Crippen molar-refractivity contribution in [1.29, 1.82) is 0 Å². The molecule has 0 aliphatic rings. The van der Waals surface area contributed by atoms with Crippen LogP contribution in [-0.2, 0) is 6.42 Å². The Bertz CT molecular complexity index is 738. The zero-order chi connectivity index (χ0) is 14.7. The predicted molar refractivity (Wildman–Crippen MR) is 98.4 cm³/mol. The van der Waals surface area contributed by atoms with Crippen LogP contribution >= 0.6 is 39.0 Å². The molecule has 2 aromatic carbocycles. The summed E-state index contributed by atoms with van der Waals surface area (Å²) in [6.45, 7) is 0. The number of benzene rings is 2. The predicted octanol–water partition coefficient (Wildman–Crippen LogP) is 5.33. The van der Waals surface area contributed by atoms with E-state index in [1.165, 1.54) is 20.5 Å². The fourth-order valence-electron chi connectivity index (χ4n) is 2.29. The van der Waals surface area contributed by atoms with E-state index >= 15 is 0 Å². The number of thioether (sulfide) groups is 1. The van der Waals surface area contributed by atoms with Gasteiger partial charge in [0, 0.05) is 25.9 Å². The number of hydrogen-bond donors (Lipinski definition) is 1. The summed E-state index contributed by atoms with van der Waals surface area (Å²) in [7, 11) is 0. The van der Waals surface area contributed by atoms with Crippen LogP contribution in [0.4, 0.5) is 0 Å². The molecule has 0 aliphatic heterocycles. The van der Waals surface area contributed by atoms with E-state index in [4.69, 9.17) is 5.73 Å². The van der Waals surface area contributed by atoms with E-state index < -0.39 is 0 Å². The molecule has 1 heterocycles. The average Bonchev–Trinajstić information content (AvgIpc) is 2.90. The van der Waals surface area contributed by atoms with E-state index in [0.29, 0.717) is 0 Å². The Labute approximate surface area is 141 Å². The lowest BCUT2D eigenvalue weighted by molar-refractivity contribution is 0.754. The molecule has 0 saturated carbocycles. The maximum Gasteiger partial charge on any atom is 0.0345 e. The SMILES string of the molecule is NC(CSc1ccccc1Br)Cc1csc2ccccc12. The number of hydrogen-bond acceptors (Lipinski definition) is 3. The number of fused-ring (bicyclic) bond motifs is 1. The summed E-state index contributed by atoms with van der Waals surface area (Å²) in [6.07, 6.45) is 0.932. The second kappa shape index (κ2) is 6.97. The van der Waals surface area contributed by atoms with Gasteiger partial charge in [-0.2, -0.15) is 0 Å². The first kappa shape index (κ1) is 15.1. The van der Waals surface area contributed by atoms with Crippen molar-refractivity contribution in [3.8, 4) is 0 Å². The lowest BCUT2D eigenvalue weighted by Crippen LogP contribution is -2.25. The highest BCUT2D eigenvalue weighted by atomic mass is 79.9. The molecule has 1 unspecified atom stereocenters. The van der Waals surface area contributed by atoms with Crippen molar-refractivity contribution in [3.63, 3.8) is 0 Å². The topological polar surface area (TPSA) is 26.0 Å². The molecule has 21 heavy (non-hydrogen) atoms. The molecule has 3 rings (SSSR count). The number of halogens is 1. The van der Waals surface area contributed by atoms with Crippen LogP contribution in [0.2, 0.25) is 0 Å². The van der Waals surface area contributed by atoms with Gasteiger partial charge in [0.15, 0.2) is 0 Å². The zero-order valence-corrected chi connectivity index (χ0v) is 14.7. The van der Waals surface area contributed by atoms with Crippen molar-refractivity contribution in [1.82, 2.24) is 0 Å². The summed E-state index contributed by atoms with van der Waals surface area (Å²) >= 11 is 7.20. The summed E-state index contributed by atoms with van der Waals surface area (Å²) in [5.74, 6) is 0.923. The van der Waals surface area contributed by atoms with Gasteiger partial charge < -0.3 is 5.73 Å². The smallest absolute Gasteiger partial charge is 0.0345 e. The molecule has 1 atom stereocenters. The van der Waals surface area contributed by atoms with Gasteiger partial charge in [0.25, 0.3) is 0 Å². The molecule has 3 aromatic rings. The fraction of sp³-hybridized carbons (Fsp3) is 0.176. The summed E-state index contributed by atoms with van der Waals surface area (Å²) in [6, 6.07) is 17.0. The Kier molecular flexibility index (Phi) is 5.01. The van der Waals surface area contributed by atoms with E-state index in [1.807, 2.05) is 17.8 Å². The molecular weight excluding hydrogens is 362 g/mol. The minimum atomic E-state index is 0.167. The highest BCUT2D eigenvalue weighted by molar-refractivity contribution is 9.10. The Hall–Kier alpha value is -0.810. The number of rotatable bonds is 5. The van der Waals surface area contributed by atoms with E-state index in [9.17, 15) is 0 Å². The van der Waals surface area contributed by atoms with Crippen molar-refractivity contribution in [2.75, 3.05) is 5.75 Å². The Morgan fingerprint density at radius 1 is 1.10 bits per heavy atom. The third-order valence-corrected chi connectivity index (χ3v) is 6.56. The second-order valence-corrected chi connectivity index (χ2v) is 7.79. The monoisotopic (exact) mass is 377 g/mol. The van der Waals surface area contributed by atoms with Gasteiger partial charge >= 0.3 is 0 Å². The standard InChI is InChI=1S/C17H16BrNS2/c18-15-6-2-4-8-17(15)21-11-13(19)9-12-10-20-16-7-3-1-5-14(12)16/h1-8,10,13H,9,11,19H2. The van der Waals surface area contributed by atoms with Gasteiger partial charge in [-0.3, -0.25) is 0 Å². The van der Waals surface area contributed by atoms with Gasteiger partial charge in [-0.05, 0) is 56.9 Å². The molecule has 0 aliphatic carbocycles. The van der Waals surface area contributed by atoms with Crippen molar-refractivity contribution in [3.05, 3.63) is 63.9 Å². The Morgan fingerprint density at radius 3 is 2.71 bits per heavy atom. The van der Waals surface area contributed by atoms with Gasteiger partial charge in [-0.1, -0.05) is 30.3 Å². The highest BCUT2D eigenvalue weighted by Crippen LogP contribution is 2.29. The molecule has 4 heteroatoms. The second-order valence-electron chi connectivity index (χ2n) is 4.96. The highest BCUT2D eigenvalue weighted by Gasteiger charge is 2.10. The zero-order valence-electron chi connectivity index (χ0n) is 11.5. The summed E-state index contributed by atoms with van der Waals surface area (Å²) in [5.41, 5.74) is 7.69. The molecule has 108 valence electrons. The molecule has 0 fully saturated rings. The van der Waals surface area contributed by atoms with Crippen molar-refractivity contribution < 1.29 is 0 Å². The van der Waals surface area contributed by atoms with Gasteiger partial charge in [-0.25, -0.2) is 0 Å². The third-order valence-electron chi connectivity index (χ3n) is 3.33. The lowest BCUT2D eigenvalue weighted by atomic mass is 10.1. The largest absolute Gasteiger partial charge is 0.327 e. The van der Waals surface area contributed by atoms with Crippen LogP contribution < -0.4 is 5.73 Å². The molecule has 0 bridgehead atoms. The van der Waals surface area contributed by atoms with Crippen molar-refractivity contribution in [2.24, 2.45) is 5.73 Å². The van der Waals surface area contributed by atoms with Crippen molar-refractivity contribution >= 4 is 49.1 Å². The molecule has 1 nitrogen and oxygen atoms in total. The van der Waals surface area contributed by atoms with Crippen LogP contribution in [0.1, 0.15) is 5.56 Å². The average molecular weight is 378 g/mol. The first-order valence-corrected chi connectivity index (χ1v) is 9.48. The molecule has 0 amide bonds. The fourth-order valence-corrected chi connectivity index (χ4v) is 4.79. The summed E-state index contributed by atoms with van der Waals surface area (Å²) in [5, 5.41) is 3.59. The Balaban J connectivity index is 1.64. The maximum atomic E-state index is 6.32. The minimum Gasteiger partial charge on any atom is -0.327 e. The van der Waals surface area contributed by atoms with Crippen LogP contribution in [0.25, 0.3) is 10.1 Å². The molecular formula is C17H16BrNS2. The molecule has 1 aromatic heterocycles. The molecule has 0 radical (unpaired) electrons. The molecule has 0 spiro atoms. The molecule has 2 N–H and O–H groups in total. The third kappa shape index (κ3) is 3.69. The Morgan fingerprint density at radius 2 is 1.86 bits per heavy atom. The van der Waals surface area contributed by atoms with E-state index in [0.717, 1.165) is 16.6 Å². The number of thiophene rings is 1. The summed E-state index contributed by atoms with van der Waals surface area (Å²) in [4.78, 5) is 1.25. The summed E-state index contributed by atoms with van der Waals surface area (Å²) < 4.78 is 2.49. The van der Waals surface area contributed by atoms with Gasteiger partial charge in [0.2, 0.25) is 0 Å². The molecule has 0 saturated heterocycles. The van der Waals surface area contributed by atoms with E-state index in [2.05, 4.69) is 63.8 Å². The minimum absolute atomic E-state index is 0.167. The first-order chi connectivity index (χ1) is 10.2. The maximum absolute atomic E-state index is 6.32. The van der Waals surface area contributed by atoms with Crippen LogP contribution in [0.5, 0.6) is 0 Å². The van der Waals surface area contributed by atoms with Gasteiger partial charge in [0.1, 0.15) is 0 Å². The number of nitrogens with two attached hydrogens (primary N) is 1. The van der Waals surface area contributed by atoms with Crippen LogP contribution in [0.15, 0.2) is 63.3 Å². The van der Waals surface area contributed by atoms with E-state index in [-0.39, 0.29) is 6.04 Å². The normalized spacial score (nSPS) is 12.7. The van der Waals surface area contributed by atoms with Crippen LogP contribution in [0.3, 0.4) is 0 Å². The van der Waals surface area contributed by atoms with E-state index in [1.54, 1.807) is 11.3 Å². The van der Waals surface area contributed by atoms with Crippen molar-refractivity contribution in [2.45, 2.75) is 17.4 Å². The first-order valence-electron chi connectivity index (χ1n) is 6.82. The lowest BCUT2D eigenvalue weighted by Gasteiger charge is -2.11.